The van der Waals surface area contributed by atoms with Crippen molar-refractivity contribution < 1.29 is 4.79 Å². The van der Waals surface area contributed by atoms with Crippen molar-refractivity contribution in [3.8, 4) is 0 Å². The molecule has 0 atom stereocenters. The molecule has 2 fully saturated rings. The van der Waals surface area contributed by atoms with Crippen LogP contribution >= 0.6 is 0 Å². The molecule has 2 aliphatic heterocycles. The molecule has 0 bridgehead atoms. The lowest BCUT2D eigenvalue weighted by Crippen LogP contribution is -2.49. The summed E-state index contributed by atoms with van der Waals surface area (Å²) in [6, 6.07) is -0.0460. The second kappa shape index (κ2) is 9.12. The van der Waals surface area contributed by atoms with Crippen molar-refractivity contribution in [1.82, 2.24) is 31.1 Å². The molecule has 0 radical (unpaired) electrons. The molecule has 0 aliphatic carbocycles. The van der Waals surface area contributed by atoms with Gasteiger partial charge in [0.2, 0.25) is 0 Å². The van der Waals surface area contributed by atoms with Crippen LogP contribution in [-0.2, 0) is 0 Å². The lowest BCUT2D eigenvalue weighted by molar-refractivity contribution is 0.220. The fraction of sp³-hybridized carbons (Fsp3) is 0.923. The van der Waals surface area contributed by atoms with Gasteiger partial charge in [-0.15, -0.1) is 0 Å². The fourth-order valence-corrected chi connectivity index (χ4v) is 2.59. The molecule has 2 heterocycles. The summed E-state index contributed by atoms with van der Waals surface area (Å²) < 4.78 is 0. The van der Waals surface area contributed by atoms with Gasteiger partial charge in [0.25, 0.3) is 0 Å². The number of urea groups is 1. The Kier molecular flexibility index (Phi) is 7.07. The number of nitrogens with one attached hydrogen (secondary N) is 4. The topological polar surface area (TPSA) is 71.7 Å². The predicted octanol–water partition coefficient (Wildman–Crippen LogP) is -1.90. The monoisotopic (exact) mass is 284 g/mol. The minimum Gasteiger partial charge on any atom is -0.337 e. The fourth-order valence-electron chi connectivity index (χ4n) is 2.59. The summed E-state index contributed by atoms with van der Waals surface area (Å²) >= 11 is 0. The van der Waals surface area contributed by atoms with Crippen LogP contribution in [0.1, 0.15) is 0 Å². The Morgan fingerprint density at radius 2 is 1.20 bits per heavy atom. The summed E-state index contributed by atoms with van der Waals surface area (Å²) in [4.78, 5) is 16.4. The van der Waals surface area contributed by atoms with E-state index in [1.165, 1.54) is 0 Å². The average molecular weight is 284 g/mol. The van der Waals surface area contributed by atoms with E-state index in [1.807, 2.05) is 0 Å². The molecule has 2 rings (SSSR count). The number of amides is 2. The normalized spacial score (nSPS) is 21.6. The van der Waals surface area contributed by atoms with E-state index in [4.69, 9.17) is 0 Å². The zero-order valence-electron chi connectivity index (χ0n) is 12.3. The lowest BCUT2D eigenvalue weighted by Gasteiger charge is -2.27. The average Bonchev–Trinajstić information content (AvgIpc) is 2.49. The van der Waals surface area contributed by atoms with Gasteiger partial charge in [0, 0.05) is 78.5 Å². The molecule has 0 aromatic rings. The minimum atomic E-state index is -0.0460. The molecular weight excluding hydrogens is 256 g/mol. The summed E-state index contributed by atoms with van der Waals surface area (Å²) in [7, 11) is 0. The molecular formula is C13H28N6O. The lowest BCUT2D eigenvalue weighted by atomic mass is 10.3. The number of carbonyl (C=O) groups excluding carboxylic acids is 1. The first-order valence-corrected chi connectivity index (χ1v) is 7.72. The predicted molar refractivity (Wildman–Crippen MR) is 80.0 cm³/mol. The molecule has 116 valence electrons. The molecule has 0 saturated carbocycles. The molecule has 4 N–H and O–H groups in total. The Morgan fingerprint density at radius 1 is 0.800 bits per heavy atom. The second-order valence-electron chi connectivity index (χ2n) is 5.37. The van der Waals surface area contributed by atoms with Crippen LogP contribution in [0.25, 0.3) is 0 Å². The third-order valence-electron chi connectivity index (χ3n) is 3.85. The van der Waals surface area contributed by atoms with Gasteiger partial charge in [-0.25, -0.2) is 4.79 Å². The molecule has 2 saturated heterocycles. The molecule has 2 aliphatic rings. The van der Waals surface area contributed by atoms with Crippen LogP contribution in [-0.4, -0.2) is 94.4 Å². The summed E-state index contributed by atoms with van der Waals surface area (Å²) in [5.41, 5.74) is 0. The van der Waals surface area contributed by atoms with E-state index in [9.17, 15) is 4.79 Å². The van der Waals surface area contributed by atoms with Gasteiger partial charge in [0.15, 0.2) is 0 Å². The van der Waals surface area contributed by atoms with Crippen molar-refractivity contribution >= 4 is 6.03 Å². The van der Waals surface area contributed by atoms with Crippen LogP contribution in [0.2, 0.25) is 0 Å². The molecule has 7 nitrogen and oxygen atoms in total. The molecule has 20 heavy (non-hydrogen) atoms. The van der Waals surface area contributed by atoms with Gasteiger partial charge in [-0.3, -0.25) is 9.80 Å². The quantitative estimate of drug-likeness (QED) is 0.458. The number of hydrogen-bond acceptors (Lipinski definition) is 5. The maximum atomic E-state index is 11.6. The SMILES string of the molecule is O=C(NCCN1CCNCC1)NCCN1CCNCC1. The van der Waals surface area contributed by atoms with E-state index in [-0.39, 0.29) is 6.03 Å². The zero-order chi connectivity index (χ0) is 14.0. The Labute approximate surface area is 121 Å². The Hall–Kier alpha value is -0.890. The Bertz CT molecular complexity index is 250. The third kappa shape index (κ3) is 6.04. The Balaban J connectivity index is 1.45. The molecule has 2 amide bonds. The Morgan fingerprint density at radius 3 is 1.60 bits per heavy atom. The molecule has 0 unspecified atom stereocenters. The highest BCUT2D eigenvalue weighted by molar-refractivity contribution is 5.73. The highest BCUT2D eigenvalue weighted by Gasteiger charge is 2.10. The number of hydrogen-bond donors (Lipinski definition) is 4. The van der Waals surface area contributed by atoms with Crippen LogP contribution in [0.5, 0.6) is 0 Å². The molecule has 0 aromatic heterocycles. The molecule has 7 heteroatoms. The number of piperazine rings is 2. The first kappa shape index (κ1) is 15.5. The summed E-state index contributed by atoms with van der Waals surface area (Å²) in [6.45, 7) is 11.8. The van der Waals surface area contributed by atoms with Gasteiger partial charge in [-0.1, -0.05) is 0 Å². The summed E-state index contributed by atoms with van der Waals surface area (Å²) in [5, 5.41) is 12.5. The van der Waals surface area contributed by atoms with Crippen molar-refractivity contribution in [2.24, 2.45) is 0 Å². The van der Waals surface area contributed by atoms with Gasteiger partial charge in [-0.2, -0.15) is 0 Å². The van der Waals surface area contributed by atoms with Crippen molar-refractivity contribution in [3.05, 3.63) is 0 Å². The maximum Gasteiger partial charge on any atom is 0.314 e. The van der Waals surface area contributed by atoms with Crippen molar-refractivity contribution in [3.63, 3.8) is 0 Å². The van der Waals surface area contributed by atoms with Crippen molar-refractivity contribution in [2.75, 3.05) is 78.5 Å². The third-order valence-corrected chi connectivity index (χ3v) is 3.85. The summed E-state index contributed by atoms with van der Waals surface area (Å²) in [5.74, 6) is 0. The summed E-state index contributed by atoms with van der Waals surface area (Å²) in [6.07, 6.45) is 0. The van der Waals surface area contributed by atoms with Crippen molar-refractivity contribution in [2.45, 2.75) is 0 Å². The van der Waals surface area contributed by atoms with E-state index in [0.29, 0.717) is 0 Å². The highest BCUT2D eigenvalue weighted by atomic mass is 16.2. The van der Waals surface area contributed by atoms with Crippen LogP contribution in [0.15, 0.2) is 0 Å². The highest BCUT2D eigenvalue weighted by Crippen LogP contribution is 1.91. The van der Waals surface area contributed by atoms with Gasteiger partial charge < -0.3 is 21.3 Å². The van der Waals surface area contributed by atoms with E-state index >= 15 is 0 Å². The number of nitrogens with zero attached hydrogens (tertiary/aromatic N) is 2. The smallest absolute Gasteiger partial charge is 0.314 e. The zero-order valence-corrected chi connectivity index (χ0v) is 12.3. The van der Waals surface area contributed by atoms with Gasteiger partial charge in [0.05, 0.1) is 0 Å². The van der Waals surface area contributed by atoms with Crippen LogP contribution in [0.3, 0.4) is 0 Å². The first-order chi connectivity index (χ1) is 9.84. The standard InChI is InChI=1S/C13H28N6O/c20-13(16-5-11-18-7-1-14-2-8-18)17-6-12-19-9-3-15-4-10-19/h14-15H,1-12H2,(H2,16,17,20). The number of rotatable bonds is 6. The van der Waals surface area contributed by atoms with E-state index in [0.717, 1.165) is 78.5 Å². The van der Waals surface area contributed by atoms with Crippen LogP contribution in [0.4, 0.5) is 4.79 Å². The molecule has 0 aromatic carbocycles. The van der Waals surface area contributed by atoms with E-state index < -0.39 is 0 Å². The van der Waals surface area contributed by atoms with Gasteiger partial charge in [0.1, 0.15) is 0 Å². The van der Waals surface area contributed by atoms with Crippen LogP contribution in [0, 0.1) is 0 Å². The van der Waals surface area contributed by atoms with E-state index in [2.05, 4.69) is 31.1 Å². The second-order valence-corrected chi connectivity index (χ2v) is 5.37. The first-order valence-electron chi connectivity index (χ1n) is 7.72. The largest absolute Gasteiger partial charge is 0.337 e. The molecule has 0 spiro atoms. The van der Waals surface area contributed by atoms with Crippen LogP contribution < -0.4 is 21.3 Å². The number of carbonyl (C=O) groups is 1. The van der Waals surface area contributed by atoms with Crippen molar-refractivity contribution in [1.29, 1.82) is 0 Å². The van der Waals surface area contributed by atoms with E-state index in [1.54, 1.807) is 0 Å². The van der Waals surface area contributed by atoms with Gasteiger partial charge >= 0.3 is 6.03 Å². The minimum absolute atomic E-state index is 0.0460. The maximum absolute atomic E-state index is 11.6. The van der Waals surface area contributed by atoms with Gasteiger partial charge in [-0.05, 0) is 0 Å².